The second-order valence-electron chi connectivity index (χ2n) is 4.35. The van der Waals surface area contributed by atoms with Crippen LogP contribution in [-0.4, -0.2) is 62.7 Å². The minimum Gasteiger partial charge on any atom is -0.377 e. The van der Waals surface area contributed by atoms with Gasteiger partial charge in [0, 0.05) is 33.4 Å². The maximum absolute atomic E-state index is 12.9. The molecule has 1 aliphatic heterocycles. The Hall–Kier alpha value is -0.370. The van der Waals surface area contributed by atoms with E-state index in [4.69, 9.17) is 15.2 Å². The third kappa shape index (κ3) is 3.31. The number of hydrogen-bond donors (Lipinski definition) is 1. The third-order valence-electron chi connectivity index (χ3n) is 3.08. The zero-order chi connectivity index (χ0) is 13.2. The number of rotatable bonds is 4. The SMILES string of the molecule is COC1CN(C(C(C)N)C(F)(F)F)CC1OC. The van der Waals surface area contributed by atoms with Crippen molar-refractivity contribution in [1.82, 2.24) is 4.90 Å². The van der Waals surface area contributed by atoms with E-state index in [-0.39, 0.29) is 25.3 Å². The number of nitrogens with zero attached hydrogens (tertiary/aromatic N) is 1. The van der Waals surface area contributed by atoms with Crippen LogP contribution >= 0.6 is 0 Å². The fourth-order valence-corrected chi connectivity index (χ4v) is 2.29. The van der Waals surface area contributed by atoms with Crippen molar-refractivity contribution in [2.45, 2.75) is 37.4 Å². The highest BCUT2D eigenvalue weighted by atomic mass is 19.4. The van der Waals surface area contributed by atoms with Crippen molar-refractivity contribution in [3.05, 3.63) is 0 Å². The first kappa shape index (κ1) is 14.7. The molecule has 0 spiro atoms. The zero-order valence-corrected chi connectivity index (χ0v) is 10.2. The lowest BCUT2D eigenvalue weighted by Gasteiger charge is -2.32. The Morgan fingerprint density at radius 3 is 1.82 bits per heavy atom. The highest BCUT2D eigenvalue weighted by Crippen LogP contribution is 2.30. The van der Waals surface area contributed by atoms with E-state index >= 15 is 0 Å². The smallest absolute Gasteiger partial charge is 0.377 e. The first-order valence-electron chi connectivity index (χ1n) is 5.43. The van der Waals surface area contributed by atoms with Gasteiger partial charge in [0.15, 0.2) is 0 Å². The minimum absolute atomic E-state index is 0.181. The molecule has 0 aromatic heterocycles. The third-order valence-corrected chi connectivity index (χ3v) is 3.08. The van der Waals surface area contributed by atoms with Crippen LogP contribution in [0.2, 0.25) is 0 Å². The number of hydrogen-bond acceptors (Lipinski definition) is 4. The molecule has 0 aliphatic carbocycles. The van der Waals surface area contributed by atoms with Crippen molar-refractivity contribution in [2.75, 3.05) is 27.3 Å². The predicted octanol–water partition coefficient (Wildman–Crippen LogP) is 0.610. The Labute approximate surface area is 98.8 Å². The number of ether oxygens (including phenoxy) is 2. The highest BCUT2D eigenvalue weighted by molar-refractivity contribution is 4.94. The lowest BCUT2D eigenvalue weighted by molar-refractivity contribution is -0.186. The quantitative estimate of drug-likeness (QED) is 0.800. The minimum atomic E-state index is -4.34. The summed E-state index contributed by atoms with van der Waals surface area (Å²) in [4.78, 5) is 1.28. The van der Waals surface area contributed by atoms with Crippen molar-refractivity contribution < 1.29 is 22.6 Å². The van der Waals surface area contributed by atoms with Crippen LogP contribution < -0.4 is 5.73 Å². The number of alkyl halides is 3. The molecule has 1 aliphatic rings. The standard InChI is InChI=1S/C10H19F3N2O2/c1-6(14)9(10(11,12)13)15-4-7(16-2)8(5-15)17-3/h6-9H,4-5,14H2,1-3H3. The summed E-state index contributed by atoms with van der Waals surface area (Å²) in [5.74, 6) is 0. The molecular formula is C10H19F3N2O2. The Balaban J connectivity index is 2.78. The van der Waals surface area contributed by atoms with E-state index in [9.17, 15) is 13.2 Å². The van der Waals surface area contributed by atoms with E-state index in [1.165, 1.54) is 26.0 Å². The molecule has 4 unspecified atom stereocenters. The van der Waals surface area contributed by atoms with Gasteiger partial charge in [-0.15, -0.1) is 0 Å². The maximum atomic E-state index is 12.9. The monoisotopic (exact) mass is 256 g/mol. The number of nitrogens with two attached hydrogens (primary N) is 1. The molecule has 0 saturated carbocycles. The average molecular weight is 256 g/mol. The van der Waals surface area contributed by atoms with E-state index in [1.807, 2.05) is 0 Å². The molecule has 0 bridgehead atoms. The lowest BCUT2D eigenvalue weighted by atomic mass is 10.1. The van der Waals surface area contributed by atoms with Gasteiger partial charge in [0.25, 0.3) is 0 Å². The molecule has 7 heteroatoms. The van der Waals surface area contributed by atoms with Gasteiger partial charge < -0.3 is 15.2 Å². The number of methoxy groups -OCH3 is 2. The van der Waals surface area contributed by atoms with E-state index in [0.717, 1.165) is 0 Å². The summed E-state index contributed by atoms with van der Waals surface area (Å²) in [6.45, 7) is 1.72. The predicted molar refractivity (Wildman–Crippen MR) is 56.7 cm³/mol. The topological polar surface area (TPSA) is 47.7 Å². The number of halogens is 3. The first-order chi connectivity index (χ1) is 7.81. The van der Waals surface area contributed by atoms with Gasteiger partial charge in [-0.3, -0.25) is 4.90 Å². The van der Waals surface area contributed by atoms with Crippen LogP contribution in [0.1, 0.15) is 6.92 Å². The molecule has 0 aromatic carbocycles. The van der Waals surface area contributed by atoms with Crippen LogP contribution in [0.3, 0.4) is 0 Å². The largest absolute Gasteiger partial charge is 0.405 e. The van der Waals surface area contributed by atoms with E-state index in [0.29, 0.717) is 0 Å². The molecular weight excluding hydrogens is 237 g/mol. The first-order valence-corrected chi connectivity index (χ1v) is 5.43. The second kappa shape index (κ2) is 5.51. The molecule has 102 valence electrons. The summed E-state index contributed by atoms with van der Waals surface area (Å²) < 4.78 is 48.9. The molecule has 17 heavy (non-hydrogen) atoms. The fourth-order valence-electron chi connectivity index (χ4n) is 2.29. The van der Waals surface area contributed by atoms with Crippen LogP contribution in [0, 0.1) is 0 Å². The van der Waals surface area contributed by atoms with Gasteiger partial charge in [0.05, 0.1) is 12.2 Å². The van der Waals surface area contributed by atoms with Crippen molar-refractivity contribution >= 4 is 0 Å². The van der Waals surface area contributed by atoms with Gasteiger partial charge in [-0.05, 0) is 6.92 Å². The fraction of sp³-hybridized carbons (Fsp3) is 1.00. The molecule has 0 radical (unpaired) electrons. The van der Waals surface area contributed by atoms with Gasteiger partial charge in [-0.25, -0.2) is 0 Å². The van der Waals surface area contributed by atoms with E-state index < -0.39 is 18.3 Å². The molecule has 0 aromatic rings. The van der Waals surface area contributed by atoms with Gasteiger partial charge in [0.1, 0.15) is 6.04 Å². The Bertz CT molecular complexity index is 236. The highest BCUT2D eigenvalue weighted by Gasteiger charge is 2.49. The van der Waals surface area contributed by atoms with E-state index in [2.05, 4.69) is 0 Å². The molecule has 0 amide bonds. The van der Waals surface area contributed by atoms with Crippen molar-refractivity contribution in [1.29, 1.82) is 0 Å². The molecule has 2 N–H and O–H groups in total. The Morgan fingerprint density at radius 2 is 1.59 bits per heavy atom. The number of likely N-dealkylation sites (tertiary alicyclic amines) is 1. The molecule has 4 nitrogen and oxygen atoms in total. The van der Waals surface area contributed by atoms with Gasteiger partial charge >= 0.3 is 6.18 Å². The lowest BCUT2D eigenvalue weighted by Crippen LogP contribution is -2.54. The summed E-state index contributed by atoms with van der Waals surface area (Å²) >= 11 is 0. The van der Waals surface area contributed by atoms with Crippen molar-refractivity contribution in [2.24, 2.45) is 5.73 Å². The molecule has 1 fully saturated rings. The van der Waals surface area contributed by atoms with Gasteiger partial charge in [0.2, 0.25) is 0 Å². The average Bonchev–Trinajstić information content (AvgIpc) is 2.57. The van der Waals surface area contributed by atoms with Crippen LogP contribution in [0.15, 0.2) is 0 Å². The Morgan fingerprint density at radius 1 is 1.18 bits per heavy atom. The Kier molecular flexibility index (Phi) is 4.77. The van der Waals surface area contributed by atoms with Gasteiger partial charge in [-0.2, -0.15) is 13.2 Å². The second-order valence-corrected chi connectivity index (χ2v) is 4.35. The van der Waals surface area contributed by atoms with Gasteiger partial charge in [-0.1, -0.05) is 0 Å². The summed E-state index contributed by atoms with van der Waals surface area (Å²) in [6.07, 6.45) is -5.03. The molecule has 1 saturated heterocycles. The van der Waals surface area contributed by atoms with Crippen LogP contribution in [0.25, 0.3) is 0 Å². The molecule has 4 atom stereocenters. The zero-order valence-electron chi connectivity index (χ0n) is 10.2. The summed E-state index contributed by atoms with van der Waals surface area (Å²) in [6, 6.07) is -2.64. The summed E-state index contributed by atoms with van der Waals surface area (Å²) in [5, 5.41) is 0. The van der Waals surface area contributed by atoms with Crippen molar-refractivity contribution in [3.63, 3.8) is 0 Å². The van der Waals surface area contributed by atoms with E-state index in [1.54, 1.807) is 0 Å². The maximum Gasteiger partial charge on any atom is 0.405 e. The summed E-state index contributed by atoms with van der Waals surface area (Å²) in [7, 11) is 2.93. The van der Waals surface area contributed by atoms with Crippen LogP contribution in [0.5, 0.6) is 0 Å². The molecule has 1 heterocycles. The van der Waals surface area contributed by atoms with Crippen LogP contribution in [-0.2, 0) is 9.47 Å². The van der Waals surface area contributed by atoms with Crippen LogP contribution in [0.4, 0.5) is 13.2 Å². The normalized spacial score (nSPS) is 30.5. The van der Waals surface area contributed by atoms with Crippen molar-refractivity contribution in [3.8, 4) is 0 Å². The summed E-state index contributed by atoms with van der Waals surface area (Å²) in [5.41, 5.74) is 5.43. The molecule has 1 rings (SSSR count).